The van der Waals surface area contributed by atoms with Crippen LogP contribution in [-0.2, 0) is 14.3 Å². The second-order valence-electron chi connectivity index (χ2n) is 7.84. The molecule has 32 heavy (non-hydrogen) atoms. The molecule has 2 aliphatic heterocycles. The number of carbonyl (C=O) groups is 2. The molecular weight excluding hydrogens is 408 g/mol. The van der Waals surface area contributed by atoms with Crippen LogP contribution in [0.15, 0.2) is 42.1 Å². The van der Waals surface area contributed by atoms with Crippen LogP contribution < -0.4 is 14.8 Å². The molecule has 4 rings (SSSR count). The van der Waals surface area contributed by atoms with Crippen LogP contribution in [0.5, 0.6) is 11.5 Å². The summed E-state index contributed by atoms with van der Waals surface area (Å²) in [7, 11) is 0. The number of nitrogens with one attached hydrogen (secondary N) is 1. The highest BCUT2D eigenvalue weighted by Gasteiger charge is 2.39. The monoisotopic (exact) mass is 436 g/mol. The summed E-state index contributed by atoms with van der Waals surface area (Å²) in [6.45, 7) is 8.31. The van der Waals surface area contributed by atoms with Gasteiger partial charge in [-0.15, -0.1) is 0 Å². The molecule has 2 aromatic rings. The van der Waals surface area contributed by atoms with E-state index in [0.717, 1.165) is 16.7 Å². The molecule has 2 heterocycles. The predicted octanol–water partition coefficient (Wildman–Crippen LogP) is 3.69. The molecule has 0 atom stereocenters. The topological polar surface area (TPSA) is 77.1 Å². The SMILES string of the molecule is CCOCCCN1C(=O)C(Nc2ccc3c(c2)OCCO3)=C(c2ccc(C)c(C)c2)C1=O. The van der Waals surface area contributed by atoms with E-state index < -0.39 is 0 Å². The van der Waals surface area contributed by atoms with Gasteiger partial charge in [0.15, 0.2) is 11.5 Å². The van der Waals surface area contributed by atoms with Crippen molar-refractivity contribution in [3.63, 3.8) is 0 Å². The second kappa shape index (κ2) is 9.44. The van der Waals surface area contributed by atoms with Crippen molar-refractivity contribution in [1.82, 2.24) is 4.90 Å². The lowest BCUT2D eigenvalue weighted by molar-refractivity contribution is -0.137. The lowest BCUT2D eigenvalue weighted by Gasteiger charge is -2.19. The first kappa shape index (κ1) is 21.9. The highest BCUT2D eigenvalue weighted by molar-refractivity contribution is 6.36. The number of benzene rings is 2. The minimum Gasteiger partial charge on any atom is -0.486 e. The Morgan fingerprint density at radius 2 is 1.75 bits per heavy atom. The first-order chi connectivity index (χ1) is 15.5. The van der Waals surface area contributed by atoms with Crippen molar-refractivity contribution in [2.45, 2.75) is 27.2 Å². The van der Waals surface area contributed by atoms with Gasteiger partial charge in [0.1, 0.15) is 18.9 Å². The molecule has 0 bridgehead atoms. The van der Waals surface area contributed by atoms with Gasteiger partial charge < -0.3 is 19.5 Å². The van der Waals surface area contributed by atoms with Crippen LogP contribution in [0.25, 0.3) is 5.57 Å². The minimum atomic E-state index is -0.338. The van der Waals surface area contributed by atoms with Gasteiger partial charge in [0.25, 0.3) is 11.8 Å². The van der Waals surface area contributed by atoms with Crippen molar-refractivity contribution in [3.05, 3.63) is 58.8 Å². The summed E-state index contributed by atoms with van der Waals surface area (Å²) in [5.41, 5.74) is 4.21. The van der Waals surface area contributed by atoms with Crippen molar-refractivity contribution in [2.75, 3.05) is 38.3 Å². The van der Waals surface area contributed by atoms with E-state index in [1.54, 1.807) is 12.1 Å². The van der Waals surface area contributed by atoms with E-state index >= 15 is 0 Å². The number of hydrogen-bond acceptors (Lipinski definition) is 6. The van der Waals surface area contributed by atoms with Gasteiger partial charge in [0.05, 0.1) is 5.57 Å². The van der Waals surface area contributed by atoms with E-state index in [9.17, 15) is 9.59 Å². The van der Waals surface area contributed by atoms with Crippen LogP contribution in [0.2, 0.25) is 0 Å². The third kappa shape index (κ3) is 4.34. The number of anilines is 1. The molecule has 0 saturated carbocycles. The molecule has 0 radical (unpaired) electrons. The largest absolute Gasteiger partial charge is 0.486 e. The third-order valence-corrected chi connectivity index (χ3v) is 5.65. The van der Waals surface area contributed by atoms with Gasteiger partial charge in [-0.2, -0.15) is 0 Å². The lowest BCUT2D eigenvalue weighted by Crippen LogP contribution is -2.34. The third-order valence-electron chi connectivity index (χ3n) is 5.65. The van der Waals surface area contributed by atoms with E-state index in [1.165, 1.54) is 4.90 Å². The van der Waals surface area contributed by atoms with Crippen molar-refractivity contribution in [2.24, 2.45) is 0 Å². The molecule has 168 valence electrons. The second-order valence-corrected chi connectivity index (χ2v) is 7.84. The smallest absolute Gasteiger partial charge is 0.278 e. The number of nitrogens with zero attached hydrogens (tertiary/aromatic N) is 1. The van der Waals surface area contributed by atoms with E-state index in [-0.39, 0.29) is 17.5 Å². The average Bonchev–Trinajstić information content (AvgIpc) is 3.02. The zero-order valence-corrected chi connectivity index (χ0v) is 18.7. The van der Waals surface area contributed by atoms with Crippen LogP contribution in [0, 0.1) is 13.8 Å². The van der Waals surface area contributed by atoms with Crippen LogP contribution >= 0.6 is 0 Å². The first-order valence-corrected chi connectivity index (χ1v) is 10.9. The first-order valence-electron chi connectivity index (χ1n) is 10.9. The molecule has 0 spiro atoms. The fourth-order valence-electron chi connectivity index (χ4n) is 3.79. The Balaban J connectivity index is 1.68. The summed E-state index contributed by atoms with van der Waals surface area (Å²) in [5.74, 6) is 0.640. The van der Waals surface area contributed by atoms with E-state index in [2.05, 4.69) is 5.32 Å². The standard InChI is InChI=1S/C25H28N2O5/c1-4-30-11-5-10-27-24(28)22(18-7-6-16(2)17(3)14-18)23(25(27)29)26-19-8-9-20-21(15-19)32-13-12-31-20/h6-9,14-15,26H,4-5,10-13H2,1-3H3. The molecule has 7 nitrogen and oxygen atoms in total. The molecule has 0 unspecified atom stereocenters. The summed E-state index contributed by atoms with van der Waals surface area (Å²) in [6.07, 6.45) is 0.586. The van der Waals surface area contributed by atoms with Gasteiger partial charge in [-0.1, -0.05) is 18.2 Å². The number of imide groups is 1. The maximum atomic E-state index is 13.3. The van der Waals surface area contributed by atoms with Crippen LogP contribution in [0.3, 0.4) is 0 Å². The Bertz CT molecular complexity index is 1080. The van der Waals surface area contributed by atoms with Crippen LogP contribution in [0.4, 0.5) is 5.69 Å². The van der Waals surface area contributed by atoms with Crippen molar-refractivity contribution in [1.29, 1.82) is 0 Å². The Labute approximate surface area is 188 Å². The summed E-state index contributed by atoms with van der Waals surface area (Å²) in [6, 6.07) is 11.2. The molecule has 7 heteroatoms. The number of ether oxygens (including phenoxy) is 3. The number of carbonyl (C=O) groups excluding carboxylic acids is 2. The summed E-state index contributed by atoms with van der Waals surface area (Å²) >= 11 is 0. The molecule has 0 aromatic heterocycles. The average molecular weight is 437 g/mol. The molecule has 2 amide bonds. The summed E-state index contributed by atoms with van der Waals surface area (Å²) in [5, 5.41) is 3.19. The van der Waals surface area contributed by atoms with E-state index in [0.29, 0.717) is 62.2 Å². The van der Waals surface area contributed by atoms with Crippen molar-refractivity contribution < 1.29 is 23.8 Å². The van der Waals surface area contributed by atoms with Gasteiger partial charge in [0, 0.05) is 31.5 Å². The molecule has 0 aliphatic carbocycles. The number of hydrogen-bond donors (Lipinski definition) is 1. The van der Waals surface area contributed by atoms with Gasteiger partial charge >= 0.3 is 0 Å². The van der Waals surface area contributed by atoms with Gasteiger partial charge in [-0.05, 0) is 56.0 Å². The molecule has 0 saturated heterocycles. The van der Waals surface area contributed by atoms with Crippen molar-refractivity contribution >= 4 is 23.1 Å². The van der Waals surface area contributed by atoms with Crippen LogP contribution in [0.1, 0.15) is 30.0 Å². The normalized spacial score (nSPS) is 15.5. The van der Waals surface area contributed by atoms with E-state index in [1.807, 2.05) is 45.0 Å². The quantitative estimate of drug-likeness (QED) is 0.502. The van der Waals surface area contributed by atoms with Gasteiger partial charge in [-0.25, -0.2) is 0 Å². The maximum Gasteiger partial charge on any atom is 0.278 e. The van der Waals surface area contributed by atoms with Crippen LogP contribution in [-0.4, -0.2) is 49.7 Å². The number of rotatable bonds is 8. The summed E-state index contributed by atoms with van der Waals surface area (Å²) in [4.78, 5) is 27.9. The molecule has 2 aliphatic rings. The summed E-state index contributed by atoms with van der Waals surface area (Å²) < 4.78 is 16.6. The highest BCUT2D eigenvalue weighted by atomic mass is 16.6. The number of aryl methyl sites for hydroxylation is 2. The highest BCUT2D eigenvalue weighted by Crippen LogP contribution is 2.36. The number of amides is 2. The van der Waals surface area contributed by atoms with Gasteiger partial charge in [-0.3, -0.25) is 14.5 Å². The van der Waals surface area contributed by atoms with E-state index in [4.69, 9.17) is 14.2 Å². The molecule has 1 N–H and O–H groups in total. The molecule has 2 aromatic carbocycles. The zero-order valence-electron chi connectivity index (χ0n) is 18.7. The maximum absolute atomic E-state index is 13.3. The molecular formula is C25H28N2O5. The zero-order chi connectivity index (χ0) is 22.7. The Hall–Kier alpha value is -3.32. The Kier molecular flexibility index (Phi) is 6.46. The fraction of sp³-hybridized carbons (Fsp3) is 0.360. The number of fused-ring (bicyclic) bond motifs is 1. The minimum absolute atomic E-state index is 0.270. The lowest BCUT2D eigenvalue weighted by atomic mass is 9.99. The molecule has 0 fully saturated rings. The van der Waals surface area contributed by atoms with Gasteiger partial charge in [0.2, 0.25) is 0 Å². The predicted molar refractivity (Wildman–Crippen MR) is 122 cm³/mol. The Morgan fingerprint density at radius 3 is 2.50 bits per heavy atom. The van der Waals surface area contributed by atoms with Crippen molar-refractivity contribution in [3.8, 4) is 11.5 Å². The Morgan fingerprint density at radius 1 is 0.969 bits per heavy atom. The fourth-order valence-corrected chi connectivity index (χ4v) is 3.79.